The van der Waals surface area contributed by atoms with E-state index in [1.165, 1.54) is 6.07 Å². The molecule has 2 heterocycles. The molecular formula is C15H19ClF2N2O. The van der Waals surface area contributed by atoms with Gasteiger partial charge < -0.3 is 10.2 Å². The first-order chi connectivity index (χ1) is 9.60. The van der Waals surface area contributed by atoms with E-state index in [1.54, 1.807) is 4.90 Å². The highest BCUT2D eigenvalue weighted by atomic mass is 35.5. The molecule has 3 nitrogen and oxygen atoms in total. The van der Waals surface area contributed by atoms with Crippen LogP contribution in [0.3, 0.4) is 0 Å². The average Bonchev–Trinajstić information content (AvgIpc) is 2.83. The van der Waals surface area contributed by atoms with Crippen molar-refractivity contribution in [3.63, 3.8) is 0 Å². The molecule has 1 amide bonds. The Bertz CT molecular complexity index is 532. The summed E-state index contributed by atoms with van der Waals surface area (Å²) in [6.07, 6.45) is 3.09. The lowest BCUT2D eigenvalue weighted by atomic mass is 9.78. The molecule has 0 atom stereocenters. The Kier molecular flexibility index (Phi) is 4.84. The molecule has 1 spiro atoms. The van der Waals surface area contributed by atoms with E-state index < -0.39 is 11.6 Å². The Balaban J connectivity index is 0.00000161. The summed E-state index contributed by atoms with van der Waals surface area (Å²) in [5.41, 5.74) is 0.162. The third-order valence-electron chi connectivity index (χ3n) is 4.55. The van der Waals surface area contributed by atoms with Crippen molar-refractivity contribution in [3.05, 3.63) is 35.4 Å². The molecular weight excluding hydrogens is 298 g/mol. The first-order valence-electron chi connectivity index (χ1n) is 7.05. The Morgan fingerprint density at radius 1 is 1.19 bits per heavy atom. The van der Waals surface area contributed by atoms with Crippen LogP contribution in [0.15, 0.2) is 18.2 Å². The number of carbonyl (C=O) groups is 1. The van der Waals surface area contributed by atoms with E-state index in [2.05, 4.69) is 5.32 Å². The molecule has 1 aromatic carbocycles. The standard InChI is InChI=1S/C15H18F2N2O.ClH/c16-11-1-2-12(13(17)9-11)14(20)19-8-5-15(10-19)3-6-18-7-4-15;/h1-2,9,18H,3-8,10H2;1H. The average molecular weight is 317 g/mol. The van der Waals surface area contributed by atoms with Crippen LogP contribution in [0.25, 0.3) is 0 Å². The van der Waals surface area contributed by atoms with E-state index in [4.69, 9.17) is 0 Å². The summed E-state index contributed by atoms with van der Waals surface area (Å²) < 4.78 is 26.6. The van der Waals surface area contributed by atoms with E-state index in [9.17, 15) is 13.6 Å². The minimum absolute atomic E-state index is 0. The molecule has 0 aromatic heterocycles. The topological polar surface area (TPSA) is 32.3 Å². The highest BCUT2D eigenvalue weighted by molar-refractivity contribution is 5.94. The second-order valence-corrected chi connectivity index (χ2v) is 5.85. The predicted molar refractivity (Wildman–Crippen MR) is 78.7 cm³/mol. The van der Waals surface area contributed by atoms with Crippen LogP contribution in [0, 0.1) is 17.0 Å². The van der Waals surface area contributed by atoms with Crippen molar-refractivity contribution in [1.29, 1.82) is 0 Å². The highest BCUT2D eigenvalue weighted by Gasteiger charge is 2.40. The van der Waals surface area contributed by atoms with Crippen molar-refractivity contribution in [2.24, 2.45) is 5.41 Å². The fourth-order valence-corrected chi connectivity index (χ4v) is 3.31. The summed E-state index contributed by atoms with van der Waals surface area (Å²) in [7, 11) is 0. The van der Waals surface area contributed by atoms with Gasteiger partial charge in [-0.2, -0.15) is 0 Å². The quantitative estimate of drug-likeness (QED) is 0.864. The lowest BCUT2D eigenvalue weighted by molar-refractivity contribution is 0.0757. The Morgan fingerprint density at radius 3 is 2.57 bits per heavy atom. The number of halogens is 3. The van der Waals surface area contributed by atoms with Crippen LogP contribution >= 0.6 is 12.4 Å². The fraction of sp³-hybridized carbons (Fsp3) is 0.533. The van der Waals surface area contributed by atoms with Crippen LogP contribution < -0.4 is 5.32 Å². The monoisotopic (exact) mass is 316 g/mol. The molecule has 1 aromatic rings. The first-order valence-corrected chi connectivity index (χ1v) is 7.05. The molecule has 0 unspecified atom stereocenters. The fourth-order valence-electron chi connectivity index (χ4n) is 3.31. The molecule has 116 valence electrons. The third-order valence-corrected chi connectivity index (χ3v) is 4.55. The zero-order valence-corrected chi connectivity index (χ0v) is 12.5. The van der Waals surface area contributed by atoms with Gasteiger partial charge in [-0.05, 0) is 49.9 Å². The smallest absolute Gasteiger partial charge is 0.256 e. The minimum atomic E-state index is -0.777. The molecule has 6 heteroatoms. The van der Waals surface area contributed by atoms with Crippen molar-refractivity contribution in [2.75, 3.05) is 26.2 Å². The molecule has 0 bridgehead atoms. The van der Waals surface area contributed by atoms with Crippen molar-refractivity contribution in [2.45, 2.75) is 19.3 Å². The highest BCUT2D eigenvalue weighted by Crippen LogP contribution is 2.39. The van der Waals surface area contributed by atoms with Crippen molar-refractivity contribution in [1.82, 2.24) is 10.2 Å². The first kappa shape index (κ1) is 16.2. The molecule has 0 radical (unpaired) electrons. The molecule has 2 fully saturated rings. The van der Waals surface area contributed by atoms with Gasteiger partial charge in [0.15, 0.2) is 0 Å². The number of hydrogen-bond acceptors (Lipinski definition) is 2. The van der Waals surface area contributed by atoms with Crippen LogP contribution in [0.1, 0.15) is 29.6 Å². The van der Waals surface area contributed by atoms with Crippen molar-refractivity contribution in [3.8, 4) is 0 Å². The normalized spacial score (nSPS) is 20.4. The van der Waals surface area contributed by atoms with E-state index in [0.717, 1.165) is 44.5 Å². The van der Waals surface area contributed by atoms with E-state index in [0.29, 0.717) is 13.1 Å². The Labute approximate surface area is 129 Å². The van der Waals surface area contributed by atoms with Gasteiger partial charge in [0, 0.05) is 19.2 Å². The number of nitrogens with one attached hydrogen (secondary N) is 1. The zero-order valence-electron chi connectivity index (χ0n) is 11.7. The number of piperidine rings is 1. The Morgan fingerprint density at radius 2 is 1.90 bits per heavy atom. The van der Waals surface area contributed by atoms with Crippen LogP contribution in [-0.2, 0) is 0 Å². The molecule has 21 heavy (non-hydrogen) atoms. The summed E-state index contributed by atoms with van der Waals surface area (Å²) in [6.45, 7) is 3.31. The van der Waals surface area contributed by atoms with Gasteiger partial charge in [0.1, 0.15) is 11.6 Å². The van der Waals surface area contributed by atoms with Gasteiger partial charge in [-0.15, -0.1) is 12.4 Å². The molecule has 2 aliphatic heterocycles. The van der Waals surface area contributed by atoms with Gasteiger partial charge in [-0.25, -0.2) is 8.78 Å². The number of amides is 1. The van der Waals surface area contributed by atoms with Crippen LogP contribution in [0.2, 0.25) is 0 Å². The zero-order chi connectivity index (χ0) is 14.2. The summed E-state index contributed by atoms with van der Waals surface area (Å²) >= 11 is 0. The third kappa shape index (κ3) is 3.19. The van der Waals surface area contributed by atoms with Gasteiger partial charge >= 0.3 is 0 Å². The number of carbonyl (C=O) groups excluding carboxylic acids is 1. The molecule has 1 N–H and O–H groups in total. The van der Waals surface area contributed by atoms with Gasteiger partial charge in [-0.1, -0.05) is 0 Å². The molecule has 2 saturated heterocycles. The number of likely N-dealkylation sites (tertiary alicyclic amines) is 1. The Hall–Kier alpha value is -1.20. The van der Waals surface area contributed by atoms with E-state index >= 15 is 0 Å². The summed E-state index contributed by atoms with van der Waals surface area (Å²) in [5, 5.41) is 3.32. The van der Waals surface area contributed by atoms with Crippen LogP contribution in [-0.4, -0.2) is 37.0 Å². The second kappa shape index (κ2) is 6.28. The minimum Gasteiger partial charge on any atom is -0.338 e. The lowest BCUT2D eigenvalue weighted by Crippen LogP contribution is -2.39. The van der Waals surface area contributed by atoms with Crippen molar-refractivity contribution >= 4 is 18.3 Å². The van der Waals surface area contributed by atoms with Gasteiger partial charge in [0.25, 0.3) is 5.91 Å². The molecule has 3 rings (SSSR count). The number of rotatable bonds is 1. The SMILES string of the molecule is Cl.O=C(c1ccc(F)cc1F)N1CCC2(CCNCC2)C1. The van der Waals surface area contributed by atoms with Crippen LogP contribution in [0.5, 0.6) is 0 Å². The van der Waals surface area contributed by atoms with Gasteiger partial charge in [0.2, 0.25) is 0 Å². The van der Waals surface area contributed by atoms with Gasteiger partial charge in [-0.3, -0.25) is 4.79 Å². The predicted octanol–water partition coefficient (Wildman–Crippen LogP) is 2.60. The van der Waals surface area contributed by atoms with E-state index in [1.807, 2.05) is 0 Å². The van der Waals surface area contributed by atoms with Gasteiger partial charge in [0.05, 0.1) is 5.56 Å². The van der Waals surface area contributed by atoms with E-state index in [-0.39, 0.29) is 29.3 Å². The van der Waals surface area contributed by atoms with Crippen LogP contribution in [0.4, 0.5) is 8.78 Å². The summed E-state index contributed by atoms with van der Waals surface area (Å²) in [6, 6.07) is 3.14. The molecule has 0 saturated carbocycles. The summed E-state index contributed by atoms with van der Waals surface area (Å²) in [5.74, 6) is -1.76. The maximum atomic E-state index is 13.7. The van der Waals surface area contributed by atoms with Crippen molar-refractivity contribution < 1.29 is 13.6 Å². The molecule has 0 aliphatic carbocycles. The number of hydrogen-bond donors (Lipinski definition) is 1. The maximum absolute atomic E-state index is 13.7. The lowest BCUT2D eigenvalue weighted by Gasteiger charge is -2.33. The number of benzene rings is 1. The molecule has 2 aliphatic rings. The summed E-state index contributed by atoms with van der Waals surface area (Å²) in [4.78, 5) is 14.1. The maximum Gasteiger partial charge on any atom is 0.256 e. The number of nitrogens with zero attached hydrogens (tertiary/aromatic N) is 1. The second-order valence-electron chi connectivity index (χ2n) is 5.85. The largest absolute Gasteiger partial charge is 0.338 e.